The molecule has 1 saturated carbocycles. The molecule has 0 aromatic heterocycles. The van der Waals surface area contributed by atoms with Crippen LogP contribution in [0.5, 0.6) is 0 Å². The molecule has 2 fully saturated rings. The van der Waals surface area contributed by atoms with E-state index in [-0.39, 0.29) is 5.78 Å². The molecule has 0 spiro atoms. The molecule has 3 rings (SSSR count). The summed E-state index contributed by atoms with van der Waals surface area (Å²) in [5, 5.41) is 5.45. The number of allylic oxidation sites excluding steroid dienone is 1. The van der Waals surface area contributed by atoms with Crippen molar-refractivity contribution in [3.05, 3.63) is 41.5 Å². The number of Topliss-reactive ketones (excluding diaryl/α,β-unsaturated/α-hetero) is 1. The standard InChI is InChI=1S/C23H30N2O3/c1-15(2)13-14-23(3)20(26)19(22(28)25-23)21(27)24-18-11-9-17(10-12-18)16-7-5-4-6-8-16/h9-13,16,19H,4-8,14H2,1-3H3,(H,24,27)(H,25,28). The van der Waals surface area contributed by atoms with Gasteiger partial charge in [0.05, 0.1) is 0 Å². The van der Waals surface area contributed by atoms with Crippen LogP contribution in [-0.2, 0) is 14.4 Å². The Balaban J connectivity index is 1.66. The van der Waals surface area contributed by atoms with Gasteiger partial charge in [-0.05, 0) is 63.6 Å². The van der Waals surface area contributed by atoms with Gasteiger partial charge in [-0.15, -0.1) is 0 Å². The number of ketones is 1. The van der Waals surface area contributed by atoms with Gasteiger partial charge in [0.15, 0.2) is 11.7 Å². The molecule has 28 heavy (non-hydrogen) atoms. The van der Waals surface area contributed by atoms with E-state index in [4.69, 9.17) is 0 Å². The van der Waals surface area contributed by atoms with Gasteiger partial charge in [-0.1, -0.05) is 43.0 Å². The van der Waals surface area contributed by atoms with Crippen LogP contribution in [0.1, 0.15) is 70.8 Å². The Morgan fingerprint density at radius 2 is 1.79 bits per heavy atom. The van der Waals surface area contributed by atoms with E-state index in [0.717, 1.165) is 5.57 Å². The van der Waals surface area contributed by atoms with E-state index in [1.54, 1.807) is 6.92 Å². The van der Waals surface area contributed by atoms with Crippen molar-refractivity contribution >= 4 is 23.3 Å². The Morgan fingerprint density at radius 3 is 2.39 bits per heavy atom. The first kappa shape index (κ1) is 20.3. The minimum absolute atomic E-state index is 0.369. The van der Waals surface area contributed by atoms with Crippen LogP contribution >= 0.6 is 0 Å². The maximum absolute atomic E-state index is 12.8. The Morgan fingerprint density at radius 1 is 1.14 bits per heavy atom. The molecular formula is C23H30N2O3. The predicted octanol–water partition coefficient (Wildman–Crippen LogP) is 4.10. The molecule has 5 nitrogen and oxygen atoms in total. The first-order valence-corrected chi connectivity index (χ1v) is 10.2. The SMILES string of the molecule is CC(C)=CCC1(C)NC(=O)C(C(=O)Nc2ccc(C3CCCCC3)cc2)C1=O. The summed E-state index contributed by atoms with van der Waals surface area (Å²) in [7, 11) is 0. The molecule has 150 valence electrons. The van der Waals surface area contributed by atoms with Gasteiger partial charge in [-0.25, -0.2) is 0 Å². The third-order valence-electron chi connectivity index (χ3n) is 5.90. The lowest BCUT2D eigenvalue weighted by molar-refractivity contribution is -0.135. The Kier molecular flexibility index (Phi) is 6.01. The van der Waals surface area contributed by atoms with E-state index in [9.17, 15) is 14.4 Å². The van der Waals surface area contributed by atoms with Crippen molar-refractivity contribution in [1.82, 2.24) is 5.32 Å². The largest absolute Gasteiger partial charge is 0.342 e. The number of carbonyl (C=O) groups is 3. The summed E-state index contributed by atoms with van der Waals surface area (Å²) in [6, 6.07) is 7.81. The van der Waals surface area contributed by atoms with E-state index in [0.29, 0.717) is 18.0 Å². The minimum atomic E-state index is -1.30. The summed E-state index contributed by atoms with van der Waals surface area (Å²) in [6.07, 6.45) is 8.58. The van der Waals surface area contributed by atoms with E-state index >= 15 is 0 Å². The van der Waals surface area contributed by atoms with Gasteiger partial charge in [0, 0.05) is 5.69 Å². The molecule has 2 N–H and O–H groups in total. The fourth-order valence-corrected chi connectivity index (χ4v) is 4.13. The normalized spacial score (nSPS) is 25.3. The van der Waals surface area contributed by atoms with Crippen molar-refractivity contribution in [1.29, 1.82) is 0 Å². The Labute approximate surface area is 167 Å². The number of hydrogen-bond acceptors (Lipinski definition) is 3. The first-order valence-electron chi connectivity index (χ1n) is 10.2. The number of hydrogen-bond donors (Lipinski definition) is 2. The van der Waals surface area contributed by atoms with Gasteiger partial charge in [0.1, 0.15) is 5.54 Å². The number of rotatable bonds is 5. The lowest BCUT2D eigenvalue weighted by atomic mass is 9.84. The van der Waals surface area contributed by atoms with E-state index in [2.05, 4.69) is 10.6 Å². The van der Waals surface area contributed by atoms with Crippen LogP contribution in [-0.4, -0.2) is 23.1 Å². The zero-order valence-electron chi connectivity index (χ0n) is 17.0. The van der Waals surface area contributed by atoms with Crippen molar-refractivity contribution in [3.63, 3.8) is 0 Å². The van der Waals surface area contributed by atoms with Crippen LogP contribution in [0, 0.1) is 5.92 Å². The Bertz CT molecular complexity index is 787. The summed E-state index contributed by atoms with van der Waals surface area (Å²) < 4.78 is 0. The van der Waals surface area contributed by atoms with Crippen LogP contribution in [0.4, 0.5) is 5.69 Å². The third-order valence-corrected chi connectivity index (χ3v) is 5.90. The van der Waals surface area contributed by atoms with Gasteiger partial charge in [0.2, 0.25) is 11.8 Å². The lowest BCUT2D eigenvalue weighted by Crippen LogP contribution is -2.43. The second-order valence-corrected chi connectivity index (χ2v) is 8.55. The molecule has 1 aromatic carbocycles. The summed E-state index contributed by atoms with van der Waals surface area (Å²) in [5.41, 5.74) is 1.94. The highest BCUT2D eigenvalue weighted by Gasteiger charge is 2.52. The summed E-state index contributed by atoms with van der Waals surface area (Å²) >= 11 is 0. The van der Waals surface area contributed by atoms with Gasteiger partial charge in [0.25, 0.3) is 0 Å². The molecule has 2 amide bonds. The molecule has 2 atom stereocenters. The second kappa shape index (κ2) is 8.29. The van der Waals surface area contributed by atoms with Crippen molar-refractivity contribution in [2.75, 3.05) is 5.32 Å². The van der Waals surface area contributed by atoms with E-state index in [1.807, 2.05) is 44.2 Å². The van der Waals surface area contributed by atoms with Gasteiger partial charge < -0.3 is 10.6 Å². The molecule has 1 aliphatic heterocycles. The molecule has 2 aliphatic rings. The minimum Gasteiger partial charge on any atom is -0.342 e. The zero-order valence-corrected chi connectivity index (χ0v) is 17.0. The summed E-state index contributed by atoms with van der Waals surface area (Å²) in [4.78, 5) is 37.7. The fourth-order valence-electron chi connectivity index (χ4n) is 4.13. The number of amides is 2. The lowest BCUT2D eigenvalue weighted by Gasteiger charge is -2.22. The average Bonchev–Trinajstić information content (AvgIpc) is 2.90. The zero-order chi connectivity index (χ0) is 20.3. The van der Waals surface area contributed by atoms with Crippen LogP contribution in [0.2, 0.25) is 0 Å². The van der Waals surface area contributed by atoms with Crippen LogP contribution in [0.25, 0.3) is 0 Å². The average molecular weight is 383 g/mol. The topological polar surface area (TPSA) is 75.3 Å². The summed E-state index contributed by atoms with van der Waals surface area (Å²) in [5.74, 6) is -2.16. The van der Waals surface area contributed by atoms with Crippen LogP contribution in [0.15, 0.2) is 35.9 Å². The third kappa shape index (κ3) is 4.34. The van der Waals surface area contributed by atoms with E-state index < -0.39 is 23.3 Å². The highest BCUT2D eigenvalue weighted by atomic mass is 16.2. The maximum atomic E-state index is 12.8. The van der Waals surface area contributed by atoms with E-state index in [1.165, 1.54) is 37.7 Å². The molecule has 1 saturated heterocycles. The fraction of sp³-hybridized carbons (Fsp3) is 0.522. The van der Waals surface area contributed by atoms with Gasteiger partial charge in [-0.2, -0.15) is 0 Å². The van der Waals surface area contributed by atoms with Crippen LogP contribution in [0.3, 0.4) is 0 Å². The number of carbonyl (C=O) groups excluding carboxylic acids is 3. The monoisotopic (exact) mass is 382 g/mol. The smallest absolute Gasteiger partial charge is 0.244 e. The van der Waals surface area contributed by atoms with Gasteiger partial charge in [-0.3, -0.25) is 14.4 Å². The molecule has 0 bridgehead atoms. The molecule has 2 unspecified atom stereocenters. The van der Waals surface area contributed by atoms with Crippen molar-refractivity contribution in [2.45, 2.75) is 70.8 Å². The van der Waals surface area contributed by atoms with Crippen LogP contribution < -0.4 is 10.6 Å². The van der Waals surface area contributed by atoms with Crippen molar-refractivity contribution in [2.24, 2.45) is 5.92 Å². The molecule has 1 aromatic rings. The quantitative estimate of drug-likeness (QED) is 0.595. The molecular weight excluding hydrogens is 352 g/mol. The van der Waals surface area contributed by atoms with Crippen molar-refractivity contribution < 1.29 is 14.4 Å². The van der Waals surface area contributed by atoms with Gasteiger partial charge >= 0.3 is 0 Å². The number of benzene rings is 1. The highest BCUT2D eigenvalue weighted by Crippen LogP contribution is 2.33. The molecule has 0 radical (unpaired) electrons. The maximum Gasteiger partial charge on any atom is 0.244 e. The Hall–Kier alpha value is -2.43. The highest BCUT2D eigenvalue weighted by molar-refractivity contribution is 6.27. The molecule has 1 heterocycles. The molecule has 1 aliphatic carbocycles. The molecule has 5 heteroatoms. The van der Waals surface area contributed by atoms with Crippen molar-refractivity contribution in [3.8, 4) is 0 Å². The first-order chi connectivity index (χ1) is 13.3. The summed E-state index contributed by atoms with van der Waals surface area (Å²) in [6.45, 7) is 5.55. The number of nitrogens with one attached hydrogen (secondary N) is 2. The second-order valence-electron chi connectivity index (χ2n) is 8.55. The number of anilines is 1. The predicted molar refractivity (Wildman–Crippen MR) is 110 cm³/mol.